The first kappa shape index (κ1) is 19.8. The first-order chi connectivity index (χ1) is 14.6. The van der Waals surface area contributed by atoms with Crippen LogP contribution in [0.2, 0.25) is 0 Å². The maximum absolute atomic E-state index is 12.8. The van der Waals surface area contributed by atoms with E-state index in [2.05, 4.69) is 64.8 Å². The molecule has 0 radical (unpaired) electrons. The number of H-pyrrole nitrogens is 1. The molecule has 0 spiro atoms. The Kier molecular flexibility index (Phi) is 5.61. The van der Waals surface area contributed by atoms with Crippen LogP contribution in [0.15, 0.2) is 59.5 Å². The second-order valence-electron chi connectivity index (χ2n) is 7.51. The molecule has 7 heteroatoms. The molecule has 0 fully saturated rings. The zero-order valence-electron chi connectivity index (χ0n) is 17.5. The van der Waals surface area contributed by atoms with Crippen LogP contribution in [0.25, 0.3) is 22.5 Å². The van der Waals surface area contributed by atoms with E-state index >= 15 is 0 Å². The second kappa shape index (κ2) is 8.49. The molecule has 7 nitrogen and oxygen atoms in total. The number of aromatic nitrogens is 6. The molecule has 0 saturated carbocycles. The highest BCUT2D eigenvalue weighted by atomic mass is 16.1. The molecule has 2 aromatic heterocycles. The summed E-state index contributed by atoms with van der Waals surface area (Å²) in [6.45, 7) is 7.58. The minimum absolute atomic E-state index is 0.0556. The predicted molar refractivity (Wildman–Crippen MR) is 117 cm³/mol. The average molecular weight is 403 g/mol. The fourth-order valence-corrected chi connectivity index (χ4v) is 3.72. The van der Waals surface area contributed by atoms with E-state index in [-0.39, 0.29) is 5.69 Å². The van der Waals surface area contributed by atoms with E-state index in [0.29, 0.717) is 24.8 Å². The van der Waals surface area contributed by atoms with Gasteiger partial charge in [0, 0.05) is 24.0 Å². The molecule has 4 rings (SSSR count). The van der Waals surface area contributed by atoms with E-state index in [0.717, 1.165) is 34.4 Å². The van der Waals surface area contributed by atoms with Gasteiger partial charge in [-0.3, -0.25) is 9.13 Å². The Bertz CT molecular complexity index is 1170. The monoisotopic (exact) mass is 402 g/mol. The molecule has 0 aliphatic carbocycles. The summed E-state index contributed by atoms with van der Waals surface area (Å²) in [4.78, 5) is 12.8. The molecule has 2 heterocycles. The lowest BCUT2D eigenvalue weighted by atomic mass is 9.98. The fourth-order valence-electron chi connectivity index (χ4n) is 3.72. The van der Waals surface area contributed by atoms with Gasteiger partial charge in [0.05, 0.1) is 6.54 Å². The molecular weight excluding hydrogens is 376 g/mol. The van der Waals surface area contributed by atoms with Crippen LogP contribution in [0.4, 0.5) is 0 Å². The van der Waals surface area contributed by atoms with Gasteiger partial charge in [-0.05, 0) is 46.4 Å². The lowest BCUT2D eigenvalue weighted by molar-refractivity contribution is 0.617. The van der Waals surface area contributed by atoms with Crippen LogP contribution in [-0.2, 0) is 13.1 Å². The molecule has 30 heavy (non-hydrogen) atoms. The lowest BCUT2D eigenvalue weighted by Crippen LogP contribution is -2.25. The molecule has 1 atom stereocenters. The third-order valence-electron chi connectivity index (χ3n) is 5.67. The lowest BCUT2D eigenvalue weighted by Gasteiger charge is -2.13. The molecule has 1 unspecified atom stereocenters. The van der Waals surface area contributed by atoms with Crippen LogP contribution < -0.4 is 5.69 Å². The quantitative estimate of drug-likeness (QED) is 0.505. The van der Waals surface area contributed by atoms with Gasteiger partial charge in [-0.25, -0.2) is 9.89 Å². The van der Waals surface area contributed by atoms with E-state index in [1.165, 1.54) is 0 Å². The van der Waals surface area contributed by atoms with E-state index in [9.17, 15) is 4.79 Å². The summed E-state index contributed by atoms with van der Waals surface area (Å²) in [6.07, 6.45) is 3.01. The van der Waals surface area contributed by atoms with Gasteiger partial charge in [-0.15, -0.1) is 5.10 Å². The van der Waals surface area contributed by atoms with Crippen molar-refractivity contribution in [2.24, 2.45) is 0 Å². The summed E-state index contributed by atoms with van der Waals surface area (Å²) in [7, 11) is 0. The smallest absolute Gasteiger partial charge is 0.299 e. The highest BCUT2D eigenvalue weighted by Gasteiger charge is 2.16. The summed E-state index contributed by atoms with van der Waals surface area (Å²) in [6, 6.07) is 16.4. The number of aryl methyl sites for hydroxylation is 1. The second-order valence-corrected chi connectivity index (χ2v) is 7.51. The largest absolute Gasteiger partial charge is 0.328 e. The highest BCUT2D eigenvalue weighted by Crippen LogP contribution is 2.30. The first-order valence-corrected chi connectivity index (χ1v) is 10.3. The Hall–Kier alpha value is -3.48. The van der Waals surface area contributed by atoms with Crippen LogP contribution in [0.3, 0.4) is 0 Å². The van der Waals surface area contributed by atoms with Crippen molar-refractivity contribution in [3.8, 4) is 22.5 Å². The number of nitrogens with one attached hydrogen (secondary N) is 1. The van der Waals surface area contributed by atoms with Crippen LogP contribution in [0.1, 0.15) is 44.4 Å². The molecule has 0 aliphatic rings. The van der Waals surface area contributed by atoms with Gasteiger partial charge in [-0.2, -0.15) is 0 Å². The summed E-state index contributed by atoms with van der Waals surface area (Å²) in [5.74, 6) is 0.979. The topological polar surface area (TPSA) is 81.4 Å². The van der Waals surface area contributed by atoms with E-state index in [1.54, 1.807) is 4.57 Å². The van der Waals surface area contributed by atoms with Crippen molar-refractivity contribution in [2.75, 3.05) is 0 Å². The van der Waals surface area contributed by atoms with E-state index in [4.69, 9.17) is 0 Å². The van der Waals surface area contributed by atoms with Crippen molar-refractivity contribution < 1.29 is 0 Å². The molecule has 2 aromatic carbocycles. The summed E-state index contributed by atoms with van der Waals surface area (Å²) >= 11 is 0. The van der Waals surface area contributed by atoms with Crippen molar-refractivity contribution in [3.05, 3.63) is 76.5 Å². The Labute approximate surface area is 175 Å². The van der Waals surface area contributed by atoms with E-state index in [1.807, 2.05) is 35.9 Å². The number of imidazole rings is 1. The van der Waals surface area contributed by atoms with Crippen molar-refractivity contribution in [1.29, 1.82) is 0 Å². The summed E-state index contributed by atoms with van der Waals surface area (Å²) in [5, 5.41) is 14.2. The standard InChI is InChI=1S/C23H26N6O/c1-4-16(3)21-15-28(5-2)23(30)29(21)14-17-10-12-18(13-11-17)19-8-6-7-9-20(19)22-24-26-27-25-22/h6-13,15-16H,4-5,14H2,1-3H3,(H,24,25,26,27). The number of benzene rings is 2. The molecule has 0 bridgehead atoms. The van der Waals surface area contributed by atoms with Gasteiger partial charge >= 0.3 is 5.69 Å². The molecule has 1 N–H and O–H groups in total. The van der Waals surface area contributed by atoms with Crippen molar-refractivity contribution in [2.45, 2.75) is 46.2 Å². The Morgan fingerprint density at radius 3 is 2.40 bits per heavy atom. The van der Waals surface area contributed by atoms with Gasteiger partial charge in [0.15, 0.2) is 5.82 Å². The molecule has 0 saturated heterocycles. The zero-order valence-corrected chi connectivity index (χ0v) is 17.5. The number of aromatic amines is 1. The number of rotatable bonds is 7. The zero-order chi connectivity index (χ0) is 21.1. The SMILES string of the molecule is CCC(C)c1cn(CC)c(=O)n1Cc1ccc(-c2ccccc2-c2nnn[nH]2)cc1. The predicted octanol–water partition coefficient (Wildman–Crippen LogP) is 4.08. The minimum atomic E-state index is 0.0556. The molecule has 4 aromatic rings. The van der Waals surface area contributed by atoms with Crippen LogP contribution in [0, 0.1) is 0 Å². The molecular formula is C23H26N6O. The fraction of sp³-hybridized carbons (Fsp3) is 0.304. The molecule has 154 valence electrons. The van der Waals surface area contributed by atoms with Crippen molar-refractivity contribution in [1.82, 2.24) is 29.8 Å². The third kappa shape index (κ3) is 3.70. The van der Waals surface area contributed by atoms with Gasteiger partial charge in [0.2, 0.25) is 0 Å². The third-order valence-corrected chi connectivity index (χ3v) is 5.67. The number of hydrogen-bond acceptors (Lipinski definition) is 4. The van der Waals surface area contributed by atoms with Crippen LogP contribution in [0.5, 0.6) is 0 Å². The Morgan fingerprint density at radius 1 is 1.03 bits per heavy atom. The van der Waals surface area contributed by atoms with Gasteiger partial charge in [0.25, 0.3) is 0 Å². The normalized spacial score (nSPS) is 12.2. The summed E-state index contributed by atoms with van der Waals surface area (Å²) < 4.78 is 3.69. The molecule has 0 aliphatic heterocycles. The summed E-state index contributed by atoms with van der Waals surface area (Å²) in [5.41, 5.74) is 5.32. The van der Waals surface area contributed by atoms with Gasteiger partial charge in [-0.1, -0.05) is 62.4 Å². The Morgan fingerprint density at radius 2 is 1.77 bits per heavy atom. The number of tetrazole rings is 1. The average Bonchev–Trinajstić information content (AvgIpc) is 3.43. The maximum atomic E-state index is 12.8. The van der Waals surface area contributed by atoms with Gasteiger partial charge < -0.3 is 0 Å². The minimum Gasteiger partial charge on any atom is -0.299 e. The number of hydrogen-bond donors (Lipinski definition) is 1. The van der Waals surface area contributed by atoms with E-state index < -0.39 is 0 Å². The number of nitrogens with zero attached hydrogens (tertiary/aromatic N) is 5. The van der Waals surface area contributed by atoms with Crippen molar-refractivity contribution >= 4 is 0 Å². The Balaban J connectivity index is 1.66. The van der Waals surface area contributed by atoms with Crippen molar-refractivity contribution in [3.63, 3.8) is 0 Å². The first-order valence-electron chi connectivity index (χ1n) is 10.3. The van der Waals surface area contributed by atoms with Gasteiger partial charge in [0.1, 0.15) is 0 Å². The molecule has 0 amide bonds. The maximum Gasteiger partial charge on any atom is 0.328 e. The van der Waals surface area contributed by atoms with Crippen LogP contribution in [-0.4, -0.2) is 29.8 Å². The highest BCUT2D eigenvalue weighted by molar-refractivity contribution is 5.80. The van der Waals surface area contributed by atoms with Crippen LogP contribution >= 0.6 is 0 Å².